The largest absolute Gasteiger partial charge is 0.396 e. The van der Waals surface area contributed by atoms with E-state index in [1.165, 1.54) is 6.07 Å². The Balaban J connectivity index is 2.88. The first kappa shape index (κ1) is 8.76. The van der Waals surface area contributed by atoms with Crippen LogP contribution in [0.4, 0.5) is 16.4 Å². The Morgan fingerprint density at radius 2 is 2.07 bits per heavy atom. The molecule has 0 saturated carbocycles. The second-order valence-corrected chi connectivity index (χ2v) is 3.84. The Bertz CT molecular complexity index is 521. The van der Waals surface area contributed by atoms with Crippen LogP contribution in [0.1, 0.15) is 0 Å². The van der Waals surface area contributed by atoms with Gasteiger partial charge in [-0.25, -0.2) is 0 Å². The van der Waals surface area contributed by atoms with E-state index in [-0.39, 0.29) is 5.69 Å². The monoisotopic (exact) mass is 209 g/mol. The minimum Gasteiger partial charge on any atom is -0.396 e. The number of rotatable bonds is 1. The summed E-state index contributed by atoms with van der Waals surface area (Å²) in [6.45, 7) is 0. The summed E-state index contributed by atoms with van der Waals surface area (Å²) in [6.07, 6.45) is 0. The van der Waals surface area contributed by atoms with Crippen LogP contribution in [0.15, 0.2) is 18.2 Å². The first-order chi connectivity index (χ1) is 6.61. The Labute approximate surface area is 83.1 Å². The summed E-state index contributed by atoms with van der Waals surface area (Å²) >= 11 is 1.14. The second kappa shape index (κ2) is 2.85. The lowest BCUT2D eigenvalue weighted by atomic mass is 10.2. The van der Waals surface area contributed by atoms with Crippen LogP contribution in [0.25, 0.3) is 10.1 Å². The number of hydrogen-bond acceptors (Lipinski definition) is 5. The van der Waals surface area contributed by atoms with Crippen LogP contribution in [0, 0.1) is 10.1 Å². The van der Waals surface area contributed by atoms with Crippen molar-refractivity contribution in [3.63, 3.8) is 0 Å². The molecule has 1 aromatic carbocycles. The molecule has 0 atom stereocenters. The SMILES string of the molecule is Nc1sc2c([N+](=O)[O-])cccc2c1N. The lowest BCUT2D eigenvalue weighted by Crippen LogP contribution is -1.89. The van der Waals surface area contributed by atoms with E-state index in [2.05, 4.69) is 0 Å². The smallest absolute Gasteiger partial charge is 0.287 e. The average Bonchev–Trinajstić information content (AvgIpc) is 2.43. The summed E-state index contributed by atoms with van der Waals surface area (Å²) in [5.41, 5.74) is 11.7. The first-order valence-electron chi connectivity index (χ1n) is 3.82. The van der Waals surface area contributed by atoms with Crippen LogP contribution in [0.2, 0.25) is 0 Å². The number of nitrogens with zero attached hydrogens (tertiary/aromatic N) is 1. The molecule has 1 aromatic heterocycles. The molecule has 2 aromatic rings. The standard InChI is InChI=1S/C8H7N3O2S/c9-6-4-2-1-3-5(11(12)13)7(4)14-8(6)10/h1-3H,9-10H2. The van der Waals surface area contributed by atoms with Gasteiger partial charge in [0.15, 0.2) is 0 Å². The Hall–Kier alpha value is -1.82. The topological polar surface area (TPSA) is 95.2 Å². The molecule has 72 valence electrons. The van der Waals surface area contributed by atoms with Crippen molar-refractivity contribution in [1.29, 1.82) is 0 Å². The molecule has 0 aliphatic heterocycles. The van der Waals surface area contributed by atoms with Gasteiger partial charge in [-0.1, -0.05) is 12.1 Å². The summed E-state index contributed by atoms with van der Waals surface area (Å²) in [5, 5.41) is 11.7. The van der Waals surface area contributed by atoms with Gasteiger partial charge in [0.25, 0.3) is 5.69 Å². The quantitative estimate of drug-likeness (QED) is 0.554. The minimum absolute atomic E-state index is 0.0518. The number of nitro benzene ring substituents is 1. The van der Waals surface area contributed by atoms with Crippen LogP contribution in [-0.2, 0) is 0 Å². The highest BCUT2D eigenvalue weighted by molar-refractivity contribution is 7.24. The summed E-state index contributed by atoms with van der Waals surface area (Å²) < 4.78 is 0.535. The van der Waals surface area contributed by atoms with Crippen molar-refractivity contribution in [2.45, 2.75) is 0 Å². The normalized spacial score (nSPS) is 10.6. The highest BCUT2D eigenvalue weighted by Crippen LogP contribution is 2.40. The first-order valence-corrected chi connectivity index (χ1v) is 4.63. The maximum atomic E-state index is 10.7. The van der Waals surface area contributed by atoms with E-state index in [9.17, 15) is 10.1 Å². The highest BCUT2D eigenvalue weighted by atomic mass is 32.1. The molecular formula is C8H7N3O2S. The molecular weight excluding hydrogens is 202 g/mol. The van der Waals surface area contributed by atoms with Gasteiger partial charge in [-0.15, -0.1) is 11.3 Å². The summed E-state index contributed by atoms with van der Waals surface area (Å²) in [4.78, 5) is 10.2. The van der Waals surface area contributed by atoms with Crippen LogP contribution >= 0.6 is 11.3 Å². The van der Waals surface area contributed by atoms with Gasteiger partial charge in [-0.2, -0.15) is 0 Å². The van der Waals surface area contributed by atoms with E-state index in [1.54, 1.807) is 12.1 Å². The van der Waals surface area contributed by atoms with Crippen molar-refractivity contribution < 1.29 is 4.92 Å². The fraction of sp³-hybridized carbons (Fsp3) is 0. The van der Waals surface area contributed by atoms with Gasteiger partial charge in [0, 0.05) is 11.5 Å². The highest BCUT2D eigenvalue weighted by Gasteiger charge is 2.16. The van der Waals surface area contributed by atoms with Crippen molar-refractivity contribution in [2.75, 3.05) is 11.5 Å². The number of hydrogen-bond donors (Lipinski definition) is 2. The minimum atomic E-state index is -0.433. The fourth-order valence-electron chi connectivity index (χ4n) is 1.29. The number of benzene rings is 1. The van der Waals surface area contributed by atoms with Crippen LogP contribution in [-0.4, -0.2) is 4.92 Å². The van der Waals surface area contributed by atoms with E-state index in [4.69, 9.17) is 11.5 Å². The Kier molecular flexibility index (Phi) is 1.78. The summed E-state index contributed by atoms with van der Waals surface area (Å²) in [6, 6.07) is 4.77. The number of nitrogen functional groups attached to an aromatic ring is 2. The molecule has 0 amide bonds. The summed E-state index contributed by atoms with van der Waals surface area (Å²) in [7, 11) is 0. The van der Waals surface area contributed by atoms with Crippen LogP contribution < -0.4 is 11.5 Å². The Morgan fingerprint density at radius 3 is 2.71 bits per heavy atom. The van der Waals surface area contributed by atoms with E-state index in [0.29, 0.717) is 20.8 Å². The summed E-state index contributed by atoms with van der Waals surface area (Å²) in [5.74, 6) is 0. The average molecular weight is 209 g/mol. The molecule has 0 bridgehead atoms. The van der Waals surface area contributed by atoms with E-state index < -0.39 is 4.92 Å². The third kappa shape index (κ3) is 1.08. The molecule has 14 heavy (non-hydrogen) atoms. The van der Waals surface area contributed by atoms with Gasteiger partial charge in [-0.3, -0.25) is 10.1 Å². The molecule has 6 heteroatoms. The molecule has 2 rings (SSSR count). The van der Waals surface area contributed by atoms with Gasteiger partial charge < -0.3 is 11.5 Å². The van der Waals surface area contributed by atoms with Gasteiger partial charge in [0.2, 0.25) is 0 Å². The van der Waals surface area contributed by atoms with Gasteiger partial charge >= 0.3 is 0 Å². The number of nitro groups is 1. The molecule has 0 aliphatic carbocycles. The zero-order valence-electron chi connectivity index (χ0n) is 7.06. The molecule has 0 spiro atoms. The van der Waals surface area contributed by atoms with Gasteiger partial charge in [0.05, 0.1) is 10.6 Å². The van der Waals surface area contributed by atoms with Crippen LogP contribution in [0.5, 0.6) is 0 Å². The maximum absolute atomic E-state index is 10.7. The number of anilines is 2. The van der Waals surface area contributed by atoms with Gasteiger partial charge in [0.1, 0.15) is 9.70 Å². The molecule has 0 fully saturated rings. The van der Waals surface area contributed by atoms with E-state index >= 15 is 0 Å². The van der Waals surface area contributed by atoms with E-state index in [0.717, 1.165) is 11.3 Å². The van der Waals surface area contributed by atoms with Gasteiger partial charge in [-0.05, 0) is 0 Å². The predicted octanol–water partition coefficient (Wildman–Crippen LogP) is 1.97. The van der Waals surface area contributed by atoms with Crippen molar-refractivity contribution in [3.05, 3.63) is 28.3 Å². The Morgan fingerprint density at radius 1 is 1.36 bits per heavy atom. The van der Waals surface area contributed by atoms with Crippen molar-refractivity contribution in [3.8, 4) is 0 Å². The molecule has 0 radical (unpaired) electrons. The number of non-ortho nitro benzene ring substituents is 1. The molecule has 4 N–H and O–H groups in total. The van der Waals surface area contributed by atoms with Crippen LogP contribution in [0.3, 0.4) is 0 Å². The molecule has 0 saturated heterocycles. The lowest BCUT2D eigenvalue weighted by molar-refractivity contribution is -0.382. The third-order valence-corrected chi connectivity index (χ3v) is 3.03. The van der Waals surface area contributed by atoms with Crippen molar-refractivity contribution >= 4 is 37.8 Å². The third-order valence-electron chi connectivity index (χ3n) is 1.96. The predicted molar refractivity (Wildman–Crippen MR) is 57.3 cm³/mol. The van der Waals surface area contributed by atoms with Crippen molar-refractivity contribution in [1.82, 2.24) is 0 Å². The number of fused-ring (bicyclic) bond motifs is 1. The molecule has 0 unspecified atom stereocenters. The number of thiophene rings is 1. The lowest BCUT2D eigenvalue weighted by Gasteiger charge is -1.92. The maximum Gasteiger partial charge on any atom is 0.287 e. The van der Waals surface area contributed by atoms with Crippen molar-refractivity contribution in [2.24, 2.45) is 0 Å². The zero-order valence-corrected chi connectivity index (χ0v) is 7.88. The second-order valence-electron chi connectivity index (χ2n) is 2.79. The fourth-order valence-corrected chi connectivity index (χ4v) is 2.26. The number of nitrogens with two attached hydrogens (primary N) is 2. The zero-order chi connectivity index (χ0) is 10.3. The molecule has 5 nitrogen and oxygen atoms in total. The van der Waals surface area contributed by atoms with E-state index in [1.807, 2.05) is 0 Å². The molecule has 0 aliphatic rings. The molecule has 1 heterocycles.